The van der Waals surface area contributed by atoms with E-state index >= 15 is 0 Å². The number of carbonyl (C=O) groups excluding carboxylic acids is 3. The lowest BCUT2D eigenvalue weighted by Gasteiger charge is -2.33. The number of nitrogens with one attached hydrogen (secondary N) is 2. The summed E-state index contributed by atoms with van der Waals surface area (Å²) in [5.74, 6) is -0.682. The molecule has 0 radical (unpaired) electrons. The van der Waals surface area contributed by atoms with E-state index in [1.54, 1.807) is 27.7 Å². The van der Waals surface area contributed by atoms with Gasteiger partial charge in [-0.3, -0.25) is 9.59 Å². The SMILES string of the molecule is CCCN(C(=O)C(C)NC(=O)OC(C)(C)C)C(C(=O)Nc1ccccc1C)c1ccccc1. The minimum atomic E-state index is -0.871. The molecular weight excluding hydrogens is 418 g/mol. The van der Waals surface area contributed by atoms with Crippen LogP contribution in [0.1, 0.15) is 58.2 Å². The first-order chi connectivity index (χ1) is 15.5. The number of aryl methyl sites for hydroxylation is 1. The molecule has 0 heterocycles. The Kier molecular flexibility index (Phi) is 9.02. The minimum absolute atomic E-state index is 0.318. The highest BCUT2D eigenvalue weighted by Gasteiger charge is 2.34. The molecule has 0 spiro atoms. The number of nitrogens with zero attached hydrogens (tertiary/aromatic N) is 1. The predicted molar refractivity (Wildman–Crippen MR) is 130 cm³/mol. The molecule has 0 bridgehead atoms. The molecule has 178 valence electrons. The van der Waals surface area contributed by atoms with Crippen LogP contribution in [0.4, 0.5) is 10.5 Å². The average molecular weight is 454 g/mol. The van der Waals surface area contributed by atoms with Gasteiger partial charge in [-0.15, -0.1) is 0 Å². The van der Waals surface area contributed by atoms with Gasteiger partial charge in [-0.05, 0) is 58.2 Å². The van der Waals surface area contributed by atoms with E-state index in [-0.39, 0.29) is 11.8 Å². The number of alkyl carbamates (subject to hydrolysis) is 1. The number of rotatable bonds is 8. The highest BCUT2D eigenvalue weighted by Crippen LogP contribution is 2.25. The van der Waals surface area contributed by atoms with Gasteiger partial charge in [-0.25, -0.2) is 4.79 Å². The second-order valence-corrected chi connectivity index (χ2v) is 9.02. The van der Waals surface area contributed by atoms with Crippen LogP contribution in [0.2, 0.25) is 0 Å². The summed E-state index contributed by atoms with van der Waals surface area (Å²) in [5.41, 5.74) is 1.61. The molecule has 2 atom stereocenters. The number of anilines is 1. The smallest absolute Gasteiger partial charge is 0.408 e. The number of benzene rings is 2. The summed E-state index contributed by atoms with van der Waals surface area (Å²) in [6.07, 6.45) is -0.0354. The largest absolute Gasteiger partial charge is 0.444 e. The first-order valence-corrected chi connectivity index (χ1v) is 11.2. The summed E-state index contributed by atoms with van der Waals surface area (Å²) in [4.78, 5) is 40.7. The molecule has 2 aromatic rings. The zero-order valence-electron chi connectivity index (χ0n) is 20.3. The maximum atomic E-state index is 13.5. The Hall–Kier alpha value is -3.35. The van der Waals surface area contributed by atoms with Crippen molar-refractivity contribution in [2.45, 2.75) is 65.6 Å². The van der Waals surface area contributed by atoms with Gasteiger partial charge in [-0.2, -0.15) is 0 Å². The third kappa shape index (κ3) is 7.63. The summed E-state index contributed by atoms with van der Waals surface area (Å²) in [7, 11) is 0. The molecule has 0 aliphatic heterocycles. The number of ether oxygens (including phenoxy) is 1. The van der Waals surface area contributed by atoms with Crippen LogP contribution in [-0.4, -0.2) is 41.0 Å². The average Bonchev–Trinajstić information content (AvgIpc) is 2.74. The molecule has 2 unspecified atom stereocenters. The van der Waals surface area contributed by atoms with Crippen molar-refractivity contribution in [3.8, 4) is 0 Å². The quantitative estimate of drug-likeness (QED) is 0.599. The predicted octanol–water partition coefficient (Wildman–Crippen LogP) is 4.83. The van der Waals surface area contributed by atoms with E-state index < -0.39 is 23.8 Å². The van der Waals surface area contributed by atoms with Gasteiger partial charge in [0, 0.05) is 12.2 Å². The molecule has 0 aromatic heterocycles. The lowest BCUT2D eigenvalue weighted by Crippen LogP contribution is -2.51. The third-order valence-corrected chi connectivity index (χ3v) is 4.93. The molecule has 3 amide bonds. The van der Waals surface area contributed by atoms with Crippen molar-refractivity contribution < 1.29 is 19.1 Å². The number of para-hydroxylation sites is 1. The van der Waals surface area contributed by atoms with Crippen molar-refractivity contribution in [2.24, 2.45) is 0 Å². The molecule has 2 N–H and O–H groups in total. The van der Waals surface area contributed by atoms with E-state index in [1.165, 1.54) is 4.90 Å². The van der Waals surface area contributed by atoms with E-state index in [0.29, 0.717) is 24.2 Å². The second kappa shape index (κ2) is 11.5. The summed E-state index contributed by atoms with van der Waals surface area (Å²) < 4.78 is 5.28. The van der Waals surface area contributed by atoms with Gasteiger partial charge in [0.05, 0.1) is 0 Å². The Labute approximate surface area is 196 Å². The van der Waals surface area contributed by atoms with Crippen LogP contribution in [0.5, 0.6) is 0 Å². The normalized spacial score (nSPS) is 12.9. The fourth-order valence-electron chi connectivity index (χ4n) is 3.42. The van der Waals surface area contributed by atoms with Crippen molar-refractivity contribution in [3.05, 3.63) is 65.7 Å². The van der Waals surface area contributed by atoms with Crippen molar-refractivity contribution in [1.29, 1.82) is 0 Å². The number of hydrogen-bond donors (Lipinski definition) is 2. The molecule has 7 nitrogen and oxygen atoms in total. The number of carbonyl (C=O) groups is 3. The first kappa shape index (κ1) is 25.9. The standard InChI is InChI=1S/C26H35N3O4/c1-7-17-29(24(31)19(3)27-25(32)33-26(4,5)6)22(20-14-9-8-10-15-20)23(30)28-21-16-12-11-13-18(21)2/h8-16,19,22H,7,17H2,1-6H3,(H,27,32)(H,28,30). The minimum Gasteiger partial charge on any atom is -0.444 e. The number of amides is 3. The first-order valence-electron chi connectivity index (χ1n) is 11.2. The van der Waals surface area contributed by atoms with Crippen LogP contribution in [0, 0.1) is 6.92 Å². The molecule has 0 aliphatic carbocycles. The molecule has 0 aliphatic rings. The summed E-state index contributed by atoms with van der Waals surface area (Å²) in [6, 6.07) is 14.9. The van der Waals surface area contributed by atoms with Crippen molar-refractivity contribution in [2.75, 3.05) is 11.9 Å². The second-order valence-electron chi connectivity index (χ2n) is 9.02. The van der Waals surface area contributed by atoms with Gasteiger partial charge in [0.15, 0.2) is 0 Å². The van der Waals surface area contributed by atoms with E-state index in [1.807, 2.05) is 68.4 Å². The maximum absolute atomic E-state index is 13.5. The molecule has 2 aromatic carbocycles. The van der Waals surface area contributed by atoms with Gasteiger partial charge < -0.3 is 20.3 Å². The van der Waals surface area contributed by atoms with Gasteiger partial charge >= 0.3 is 6.09 Å². The Bertz CT molecular complexity index is 954. The molecule has 0 saturated heterocycles. The molecule has 2 rings (SSSR count). The highest BCUT2D eigenvalue weighted by atomic mass is 16.6. The Morgan fingerprint density at radius 1 is 1.00 bits per heavy atom. The molecular formula is C26H35N3O4. The van der Waals surface area contributed by atoms with Crippen LogP contribution in [0.15, 0.2) is 54.6 Å². The molecule has 33 heavy (non-hydrogen) atoms. The van der Waals surface area contributed by atoms with Gasteiger partial charge in [0.1, 0.15) is 17.7 Å². The fraction of sp³-hybridized carbons (Fsp3) is 0.423. The van der Waals surface area contributed by atoms with Crippen molar-refractivity contribution in [3.63, 3.8) is 0 Å². The van der Waals surface area contributed by atoms with Gasteiger partial charge in [-0.1, -0.05) is 55.5 Å². The van der Waals surface area contributed by atoms with Crippen LogP contribution in [0.3, 0.4) is 0 Å². The van der Waals surface area contributed by atoms with Gasteiger partial charge in [0.25, 0.3) is 5.91 Å². The Morgan fingerprint density at radius 2 is 1.61 bits per heavy atom. The monoisotopic (exact) mass is 453 g/mol. The van der Waals surface area contributed by atoms with E-state index in [2.05, 4.69) is 10.6 Å². The van der Waals surface area contributed by atoms with E-state index in [9.17, 15) is 14.4 Å². The summed E-state index contributed by atoms with van der Waals surface area (Å²) in [5, 5.41) is 5.56. The van der Waals surface area contributed by atoms with Crippen LogP contribution in [0.25, 0.3) is 0 Å². The summed E-state index contributed by atoms with van der Waals surface area (Å²) in [6.45, 7) is 11.1. The van der Waals surface area contributed by atoms with Crippen molar-refractivity contribution >= 4 is 23.6 Å². The lowest BCUT2D eigenvalue weighted by molar-refractivity contribution is -0.140. The fourth-order valence-corrected chi connectivity index (χ4v) is 3.42. The molecule has 0 fully saturated rings. The van der Waals surface area contributed by atoms with Gasteiger partial charge in [0.2, 0.25) is 5.91 Å². The van der Waals surface area contributed by atoms with Crippen LogP contribution >= 0.6 is 0 Å². The van der Waals surface area contributed by atoms with E-state index in [4.69, 9.17) is 4.74 Å². The number of hydrogen-bond acceptors (Lipinski definition) is 4. The zero-order valence-corrected chi connectivity index (χ0v) is 20.3. The van der Waals surface area contributed by atoms with Crippen LogP contribution in [-0.2, 0) is 14.3 Å². The third-order valence-electron chi connectivity index (χ3n) is 4.93. The molecule has 0 saturated carbocycles. The Morgan fingerprint density at radius 3 is 2.18 bits per heavy atom. The molecule has 7 heteroatoms. The lowest BCUT2D eigenvalue weighted by atomic mass is 10.0. The van der Waals surface area contributed by atoms with E-state index in [0.717, 1.165) is 5.56 Å². The highest BCUT2D eigenvalue weighted by molar-refractivity contribution is 5.99. The maximum Gasteiger partial charge on any atom is 0.408 e. The van der Waals surface area contributed by atoms with Crippen molar-refractivity contribution in [1.82, 2.24) is 10.2 Å². The topological polar surface area (TPSA) is 87.7 Å². The zero-order chi connectivity index (χ0) is 24.6. The van der Waals surface area contributed by atoms with Crippen LogP contribution < -0.4 is 10.6 Å². The Balaban J connectivity index is 2.34. The summed E-state index contributed by atoms with van der Waals surface area (Å²) >= 11 is 0.